The van der Waals surface area contributed by atoms with Crippen LogP contribution in [0.15, 0.2) is 54.6 Å². The SMILES string of the molecule is COC(=O)c1c(-c2ccccc2)c2ccccc2n1C. The maximum atomic E-state index is 12.2. The van der Waals surface area contributed by atoms with E-state index in [4.69, 9.17) is 4.74 Å². The van der Waals surface area contributed by atoms with Crippen LogP contribution in [0, 0.1) is 0 Å². The molecule has 0 atom stereocenters. The molecule has 0 N–H and O–H groups in total. The lowest BCUT2D eigenvalue weighted by molar-refractivity contribution is 0.0591. The van der Waals surface area contributed by atoms with E-state index in [1.165, 1.54) is 7.11 Å². The Kier molecular flexibility index (Phi) is 3.03. The van der Waals surface area contributed by atoms with E-state index in [-0.39, 0.29) is 5.97 Å². The number of methoxy groups -OCH3 is 1. The molecule has 0 radical (unpaired) electrons. The predicted molar refractivity (Wildman–Crippen MR) is 79.7 cm³/mol. The molecule has 0 bridgehead atoms. The van der Waals surface area contributed by atoms with Crippen molar-refractivity contribution in [3.63, 3.8) is 0 Å². The first-order valence-corrected chi connectivity index (χ1v) is 6.45. The van der Waals surface area contributed by atoms with Crippen LogP contribution < -0.4 is 0 Å². The quantitative estimate of drug-likeness (QED) is 0.662. The van der Waals surface area contributed by atoms with Gasteiger partial charge in [-0.15, -0.1) is 0 Å². The summed E-state index contributed by atoms with van der Waals surface area (Å²) in [6, 6.07) is 17.9. The van der Waals surface area contributed by atoms with Gasteiger partial charge in [-0.05, 0) is 11.6 Å². The number of hydrogen-bond donors (Lipinski definition) is 0. The molecule has 0 amide bonds. The van der Waals surface area contributed by atoms with Crippen molar-refractivity contribution in [2.45, 2.75) is 0 Å². The van der Waals surface area contributed by atoms with E-state index in [2.05, 4.69) is 0 Å². The molecule has 0 saturated carbocycles. The Bertz CT molecular complexity index is 772. The molecule has 0 fully saturated rings. The van der Waals surface area contributed by atoms with Crippen molar-refractivity contribution in [3.05, 3.63) is 60.3 Å². The van der Waals surface area contributed by atoms with Crippen LogP contribution in [-0.4, -0.2) is 17.6 Å². The molecule has 0 saturated heterocycles. The van der Waals surface area contributed by atoms with Gasteiger partial charge in [0.1, 0.15) is 5.69 Å². The molecule has 20 heavy (non-hydrogen) atoms. The highest BCUT2D eigenvalue weighted by Crippen LogP contribution is 2.34. The monoisotopic (exact) mass is 265 g/mol. The minimum Gasteiger partial charge on any atom is -0.464 e. The van der Waals surface area contributed by atoms with Crippen molar-refractivity contribution in [2.75, 3.05) is 7.11 Å². The fraction of sp³-hybridized carbons (Fsp3) is 0.118. The summed E-state index contributed by atoms with van der Waals surface area (Å²) in [4.78, 5) is 12.2. The van der Waals surface area contributed by atoms with Crippen LogP contribution in [0.25, 0.3) is 22.0 Å². The second-order valence-corrected chi connectivity index (χ2v) is 4.66. The van der Waals surface area contributed by atoms with Gasteiger partial charge in [-0.1, -0.05) is 48.5 Å². The maximum absolute atomic E-state index is 12.2. The van der Waals surface area contributed by atoms with E-state index >= 15 is 0 Å². The van der Waals surface area contributed by atoms with Gasteiger partial charge in [-0.2, -0.15) is 0 Å². The van der Waals surface area contributed by atoms with Crippen LogP contribution in [0.1, 0.15) is 10.5 Å². The first-order valence-electron chi connectivity index (χ1n) is 6.45. The topological polar surface area (TPSA) is 31.2 Å². The summed E-state index contributed by atoms with van der Waals surface area (Å²) in [5, 5.41) is 1.06. The number of para-hydroxylation sites is 1. The van der Waals surface area contributed by atoms with Crippen LogP contribution >= 0.6 is 0 Å². The molecule has 3 aromatic rings. The zero-order valence-corrected chi connectivity index (χ0v) is 11.5. The number of aryl methyl sites for hydroxylation is 1. The summed E-state index contributed by atoms with van der Waals surface area (Å²) in [6.07, 6.45) is 0. The van der Waals surface area contributed by atoms with Crippen LogP contribution in [-0.2, 0) is 11.8 Å². The lowest BCUT2D eigenvalue weighted by Crippen LogP contribution is -2.08. The average molecular weight is 265 g/mol. The fourth-order valence-corrected chi connectivity index (χ4v) is 2.63. The van der Waals surface area contributed by atoms with Gasteiger partial charge in [0.2, 0.25) is 0 Å². The lowest BCUT2D eigenvalue weighted by Gasteiger charge is -2.06. The largest absolute Gasteiger partial charge is 0.464 e. The number of fused-ring (bicyclic) bond motifs is 1. The van der Waals surface area contributed by atoms with Gasteiger partial charge in [0.15, 0.2) is 0 Å². The molecule has 0 spiro atoms. The Hall–Kier alpha value is -2.55. The highest BCUT2D eigenvalue weighted by atomic mass is 16.5. The van der Waals surface area contributed by atoms with Crippen LogP contribution in [0.2, 0.25) is 0 Å². The average Bonchev–Trinajstić information content (AvgIpc) is 2.81. The number of ether oxygens (including phenoxy) is 1. The van der Waals surface area contributed by atoms with E-state index in [9.17, 15) is 4.79 Å². The Balaban J connectivity index is 2.42. The summed E-state index contributed by atoms with van der Waals surface area (Å²) in [5.74, 6) is -0.317. The summed E-state index contributed by atoms with van der Waals surface area (Å²) in [5.41, 5.74) is 3.55. The van der Waals surface area contributed by atoms with Gasteiger partial charge in [0, 0.05) is 23.5 Å². The molecule has 1 aromatic heterocycles. The normalized spacial score (nSPS) is 10.7. The van der Waals surface area contributed by atoms with Gasteiger partial charge in [0.05, 0.1) is 7.11 Å². The van der Waals surface area contributed by atoms with Crippen molar-refractivity contribution in [1.29, 1.82) is 0 Å². The third kappa shape index (κ3) is 1.79. The minimum absolute atomic E-state index is 0.317. The van der Waals surface area contributed by atoms with Crippen molar-refractivity contribution in [3.8, 4) is 11.1 Å². The number of nitrogens with zero attached hydrogens (tertiary/aromatic N) is 1. The molecule has 100 valence electrons. The van der Waals surface area contributed by atoms with E-state index in [1.54, 1.807) is 0 Å². The zero-order chi connectivity index (χ0) is 14.1. The Morgan fingerprint density at radius 3 is 2.35 bits per heavy atom. The van der Waals surface area contributed by atoms with E-state index in [1.807, 2.05) is 66.2 Å². The Morgan fingerprint density at radius 2 is 1.65 bits per heavy atom. The molecular formula is C17H15NO2. The first-order chi connectivity index (χ1) is 9.74. The second kappa shape index (κ2) is 4.85. The van der Waals surface area contributed by atoms with Crippen molar-refractivity contribution in [1.82, 2.24) is 4.57 Å². The molecule has 0 aliphatic rings. The maximum Gasteiger partial charge on any atom is 0.355 e. The molecule has 3 rings (SSSR count). The number of carbonyl (C=O) groups is 1. The number of hydrogen-bond acceptors (Lipinski definition) is 2. The molecule has 0 unspecified atom stereocenters. The summed E-state index contributed by atoms with van der Waals surface area (Å²) >= 11 is 0. The van der Waals surface area contributed by atoms with Crippen LogP contribution in [0.5, 0.6) is 0 Å². The molecule has 0 aliphatic heterocycles. The fourth-order valence-electron chi connectivity index (χ4n) is 2.63. The van der Waals surface area contributed by atoms with Gasteiger partial charge in [0.25, 0.3) is 0 Å². The number of benzene rings is 2. The molecule has 2 aromatic carbocycles. The number of carbonyl (C=O) groups excluding carboxylic acids is 1. The summed E-state index contributed by atoms with van der Waals surface area (Å²) in [6.45, 7) is 0. The highest BCUT2D eigenvalue weighted by molar-refractivity contribution is 6.08. The molecule has 3 nitrogen and oxygen atoms in total. The molecular weight excluding hydrogens is 250 g/mol. The molecule has 0 aliphatic carbocycles. The first kappa shape index (κ1) is 12.5. The Morgan fingerprint density at radius 1 is 1.00 bits per heavy atom. The predicted octanol–water partition coefficient (Wildman–Crippen LogP) is 3.63. The van der Waals surface area contributed by atoms with E-state index < -0.39 is 0 Å². The third-order valence-corrected chi connectivity index (χ3v) is 3.55. The minimum atomic E-state index is -0.317. The van der Waals surface area contributed by atoms with E-state index in [0.29, 0.717) is 5.69 Å². The van der Waals surface area contributed by atoms with Crippen LogP contribution in [0.3, 0.4) is 0 Å². The number of rotatable bonds is 2. The standard InChI is InChI=1S/C17H15NO2/c1-18-14-11-7-6-10-13(14)15(16(18)17(19)20-2)12-8-4-3-5-9-12/h3-11H,1-2H3. The van der Waals surface area contributed by atoms with Crippen LogP contribution in [0.4, 0.5) is 0 Å². The zero-order valence-electron chi connectivity index (χ0n) is 11.5. The molecule has 1 heterocycles. The smallest absolute Gasteiger partial charge is 0.355 e. The Labute approximate surface area is 117 Å². The number of aromatic nitrogens is 1. The highest BCUT2D eigenvalue weighted by Gasteiger charge is 2.22. The van der Waals surface area contributed by atoms with Gasteiger partial charge in [-0.3, -0.25) is 0 Å². The summed E-state index contributed by atoms with van der Waals surface area (Å²) < 4.78 is 6.84. The second-order valence-electron chi connectivity index (χ2n) is 4.66. The van der Waals surface area contributed by atoms with Gasteiger partial charge < -0.3 is 9.30 Å². The van der Waals surface area contributed by atoms with Gasteiger partial charge in [-0.25, -0.2) is 4.79 Å². The molecule has 3 heteroatoms. The van der Waals surface area contributed by atoms with Gasteiger partial charge >= 0.3 is 5.97 Å². The number of esters is 1. The third-order valence-electron chi connectivity index (χ3n) is 3.55. The van der Waals surface area contributed by atoms with Crippen molar-refractivity contribution >= 4 is 16.9 Å². The van der Waals surface area contributed by atoms with Crippen molar-refractivity contribution in [2.24, 2.45) is 7.05 Å². The van der Waals surface area contributed by atoms with Crippen molar-refractivity contribution < 1.29 is 9.53 Å². The van der Waals surface area contributed by atoms with E-state index in [0.717, 1.165) is 22.0 Å². The summed E-state index contributed by atoms with van der Waals surface area (Å²) in [7, 11) is 3.30. The lowest BCUT2D eigenvalue weighted by atomic mass is 10.0.